The fraction of sp³-hybridized carbons (Fsp3) is 0.364. The number of rotatable bonds is 4. The van der Waals surface area contributed by atoms with Crippen LogP contribution in [0.5, 0.6) is 0 Å². The van der Waals surface area contributed by atoms with Crippen LogP contribution in [0, 0.1) is 0 Å². The van der Waals surface area contributed by atoms with Crippen molar-refractivity contribution in [1.29, 1.82) is 0 Å². The van der Waals surface area contributed by atoms with Crippen molar-refractivity contribution in [2.75, 3.05) is 43.4 Å². The Morgan fingerprint density at radius 1 is 0.794 bits per heavy atom. The Morgan fingerprint density at radius 2 is 1.32 bits per heavy atom. The van der Waals surface area contributed by atoms with E-state index in [-0.39, 0.29) is 23.0 Å². The molecule has 12 heteroatoms. The van der Waals surface area contributed by atoms with Crippen LogP contribution in [0.3, 0.4) is 0 Å². The average molecular weight is 505 g/mol. The predicted octanol–water partition coefficient (Wildman–Crippen LogP) is 5.07. The van der Waals surface area contributed by atoms with Gasteiger partial charge in [-0.1, -0.05) is 24.3 Å². The van der Waals surface area contributed by atoms with Gasteiger partial charge in [-0.2, -0.15) is 26.3 Å². The predicted molar refractivity (Wildman–Crippen MR) is 120 cm³/mol. The molecule has 1 fully saturated rings. The smallest absolute Gasteiger partial charge is 0.348 e. The molecule has 3 rings (SSSR count). The number of nitrogens with zero attached hydrogens (tertiary/aromatic N) is 2. The number of benzene rings is 2. The number of alkyl halides is 6. The SMILES string of the molecule is O=C(CN1CCCN(C(=S)Nc2ccccc2C(F)(F)F)CC1)Nc1ccccc1C(F)(F)F. The highest BCUT2D eigenvalue weighted by Crippen LogP contribution is 2.35. The van der Waals surface area contributed by atoms with Crippen LogP contribution in [0.1, 0.15) is 17.5 Å². The highest BCUT2D eigenvalue weighted by atomic mass is 32.1. The third-order valence-corrected chi connectivity index (χ3v) is 5.58. The first-order valence-corrected chi connectivity index (χ1v) is 10.8. The molecule has 34 heavy (non-hydrogen) atoms. The first-order valence-electron chi connectivity index (χ1n) is 10.4. The van der Waals surface area contributed by atoms with Gasteiger partial charge in [0, 0.05) is 26.2 Å². The molecule has 0 spiro atoms. The van der Waals surface area contributed by atoms with Crippen LogP contribution >= 0.6 is 12.2 Å². The van der Waals surface area contributed by atoms with E-state index in [2.05, 4.69) is 10.6 Å². The summed E-state index contributed by atoms with van der Waals surface area (Å²) in [6.45, 7) is 1.50. The van der Waals surface area contributed by atoms with Gasteiger partial charge in [0.25, 0.3) is 0 Å². The second-order valence-electron chi connectivity index (χ2n) is 7.68. The van der Waals surface area contributed by atoms with E-state index in [0.29, 0.717) is 32.6 Å². The Bertz CT molecular complexity index is 1030. The number of carbonyl (C=O) groups is 1. The van der Waals surface area contributed by atoms with Gasteiger partial charge in [0.15, 0.2) is 5.11 Å². The normalized spacial score (nSPS) is 15.5. The quantitative estimate of drug-likeness (QED) is 0.450. The topological polar surface area (TPSA) is 47.6 Å². The molecule has 0 bridgehead atoms. The van der Waals surface area contributed by atoms with Gasteiger partial charge in [0.05, 0.1) is 29.0 Å². The molecule has 1 aliphatic rings. The summed E-state index contributed by atoms with van der Waals surface area (Å²) in [7, 11) is 0. The first-order chi connectivity index (χ1) is 15.9. The van der Waals surface area contributed by atoms with Crippen LogP contribution in [0.25, 0.3) is 0 Å². The molecular weight excluding hydrogens is 482 g/mol. The number of halogens is 6. The van der Waals surface area contributed by atoms with Crippen LogP contribution in [-0.2, 0) is 17.1 Å². The minimum Gasteiger partial charge on any atom is -0.348 e. The van der Waals surface area contributed by atoms with Crippen molar-refractivity contribution >= 4 is 34.6 Å². The standard InChI is InChI=1S/C22H22F6N4OS/c23-21(24,25)15-6-1-3-8-17(15)29-19(33)14-31-10-5-11-32(13-12-31)20(34)30-18-9-4-2-7-16(18)22(26,27)28/h1-4,6-9H,5,10-14H2,(H,29,33)(H,30,34). The third-order valence-electron chi connectivity index (χ3n) is 5.22. The van der Waals surface area contributed by atoms with Gasteiger partial charge in [0.1, 0.15) is 0 Å². The highest BCUT2D eigenvalue weighted by molar-refractivity contribution is 7.80. The maximum Gasteiger partial charge on any atom is 0.418 e. The van der Waals surface area contributed by atoms with Crippen molar-refractivity contribution in [3.63, 3.8) is 0 Å². The molecule has 0 saturated carbocycles. The number of hydrogen-bond donors (Lipinski definition) is 2. The Kier molecular flexibility index (Phi) is 8.03. The van der Waals surface area contributed by atoms with Gasteiger partial charge in [-0.25, -0.2) is 0 Å². The van der Waals surface area contributed by atoms with E-state index in [1.165, 1.54) is 36.4 Å². The molecule has 184 valence electrons. The molecule has 2 aromatic carbocycles. The molecule has 0 aromatic heterocycles. The largest absolute Gasteiger partial charge is 0.418 e. The lowest BCUT2D eigenvalue weighted by molar-refractivity contribution is -0.137. The summed E-state index contributed by atoms with van der Waals surface area (Å²) in [5.41, 5.74) is -2.22. The summed E-state index contributed by atoms with van der Waals surface area (Å²) in [5, 5.41) is 5.10. The van der Waals surface area contributed by atoms with Gasteiger partial charge in [-0.05, 0) is 42.9 Å². The van der Waals surface area contributed by atoms with E-state index < -0.39 is 29.4 Å². The number of thiocarbonyl (C=S) groups is 1. The van der Waals surface area contributed by atoms with Crippen molar-refractivity contribution < 1.29 is 31.1 Å². The van der Waals surface area contributed by atoms with Gasteiger partial charge in [-0.15, -0.1) is 0 Å². The molecule has 1 aliphatic heterocycles. The molecule has 0 unspecified atom stereocenters. The summed E-state index contributed by atoms with van der Waals surface area (Å²) in [4.78, 5) is 15.9. The summed E-state index contributed by atoms with van der Waals surface area (Å²) in [6, 6.07) is 9.75. The fourth-order valence-corrected chi connectivity index (χ4v) is 3.89. The summed E-state index contributed by atoms with van der Waals surface area (Å²) in [5.74, 6) is -0.593. The fourth-order valence-electron chi connectivity index (χ4n) is 3.60. The van der Waals surface area contributed by atoms with Crippen molar-refractivity contribution in [3.8, 4) is 0 Å². The zero-order valence-electron chi connectivity index (χ0n) is 17.8. The highest BCUT2D eigenvalue weighted by Gasteiger charge is 2.34. The zero-order chi connectivity index (χ0) is 24.9. The van der Waals surface area contributed by atoms with E-state index in [4.69, 9.17) is 12.2 Å². The Morgan fingerprint density at radius 3 is 1.88 bits per heavy atom. The Labute approximate surface area is 197 Å². The lowest BCUT2D eigenvalue weighted by Crippen LogP contribution is -2.39. The van der Waals surface area contributed by atoms with E-state index in [1.54, 1.807) is 9.80 Å². The molecule has 5 nitrogen and oxygen atoms in total. The van der Waals surface area contributed by atoms with Gasteiger partial charge >= 0.3 is 12.4 Å². The summed E-state index contributed by atoms with van der Waals surface area (Å²) in [6.07, 6.45) is -8.57. The number of amides is 1. The summed E-state index contributed by atoms with van der Waals surface area (Å²) >= 11 is 5.30. The Hall–Kier alpha value is -2.86. The van der Waals surface area contributed by atoms with Crippen molar-refractivity contribution in [1.82, 2.24) is 9.80 Å². The number of nitrogens with one attached hydrogen (secondary N) is 2. The van der Waals surface area contributed by atoms with Gasteiger partial charge < -0.3 is 15.5 Å². The molecule has 1 amide bonds. The molecule has 2 N–H and O–H groups in total. The van der Waals surface area contributed by atoms with Gasteiger partial charge in [-0.3, -0.25) is 9.69 Å². The number of para-hydroxylation sites is 2. The molecule has 0 aliphatic carbocycles. The molecule has 0 radical (unpaired) electrons. The van der Waals surface area contributed by atoms with Crippen LogP contribution < -0.4 is 10.6 Å². The Balaban J connectivity index is 1.57. The molecule has 0 atom stereocenters. The lowest BCUT2D eigenvalue weighted by Gasteiger charge is -2.25. The van der Waals surface area contributed by atoms with E-state index in [1.807, 2.05) is 0 Å². The minimum absolute atomic E-state index is 0.127. The number of carbonyl (C=O) groups excluding carboxylic acids is 1. The van der Waals surface area contributed by atoms with Crippen LogP contribution in [0.2, 0.25) is 0 Å². The van der Waals surface area contributed by atoms with Crippen molar-refractivity contribution in [2.45, 2.75) is 18.8 Å². The molecule has 1 saturated heterocycles. The maximum absolute atomic E-state index is 13.2. The first kappa shape index (κ1) is 25.8. The zero-order valence-corrected chi connectivity index (χ0v) is 18.7. The van der Waals surface area contributed by atoms with Crippen LogP contribution in [0.15, 0.2) is 48.5 Å². The molecular formula is C22H22F6N4OS. The number of hydrogen-bond acceptors (Lipinski definition) is 3. The molecule has 2 aromatic rings. The van der Waals surface area contributed by atoms with E-state index >= 15 is 0 Å². The van der Waals surface area contributed by atoms with Crippen LogP contribution in [0.4, 0.5) is 37.7 Å². The van der Waals surface area contributed by atoms with E-state index in [0.717, 1.165) is 12.1 Å². The van der Waals surface area contributed by atoms with Crippen LogP contribution in [-0.4, -0.2) is 53.5 Å². The second-order valence-corrected chi connectivity index (χ2v) is 8.07. The third kappa shape index (κ3) is 6.83. The number of anilines is 2. The molecule has 1 heterocycles. The van der Waals surface area contributed by atoms with Crippen molar-refractivity contribution in [2.24, 2.45) is 0 Å². The minimum atomic E-state index is -4.60. The van der Waals surface area contributed by atoms with Gasteiger partial charge in [0.2, 0.25) is 5.91 Å². The summed E-state index contributed by atoms with van der Waals surface area (Å²) < 4.78 is 79.0. The average Bonchev–Trinajstić information content (AvgIpc) is 2.98. The van der Waals surface area contributed by atoms with E-state index in [9.17, 15) is 31.1 Å². The van der Waals surface area contributed by atoms with Crippen molar-refractivity contribution in [3.05, 3.63) is 59.7 Å². The second kappa shape index (κ2) is 10.6. The monoisotopic (exact) mass is 504 g/mol. The lowest BCUT2D eigenvalue weighted by atomic mass is 10.1. The maximum atomic E-state index is 13.2.